The number of hydrogen-bond acceptors (Lipinski definition) is 3. The average Bonchev–Trinajstić information content (AvgIpc) is 2.25. The van der Waals surface area contributed by atoms with E-state index >= 15 is 0 Å². The van der Waals surface area contributed by atoms with Gasteiger partial charge in [0.25, 0.3) is 0 Å². The van der Waals surface area contributed by atoms with Crippen LogP contribution in [0.15, 0.2) is 0 Å². The van der Waals surface area contributed by atoms with Crippen LogP contribution in [0.25, 0.3) is 0 Å². The van der Waals surface area contributed by atoms with Gasteiger partial charge in [-0.15, -0.1) is 0 Å². The first-order valence-corrected chi connectivity index (χ1v) is 6.27. The average molecular weight is 226 g/mol. The first-order chi connectivity index (χ1) is 7.59. The second-order valence-electron chi connectivity index (χ2n) is 4.79. The minimum absolute atomic E-state index is 0.0361. The first-order valence-electron chi connectivity index (χ1n) is 6.27. The maximum absolute atomic E-state index is 11.3. The third-order valence-corrected chi connectivity index (χ3v) is 3.32. The second kappa shape index (κ2) is 6.66. The van der Waals surface area contributed by atoms with Gasteiger partial charge in [0.2, 0.25) is 0 Å². The summed E-state index contributed by atoms with van der Waals surface area (Å²) in [6.45, 7) is 2.85. The monoisotopic (exact) mass is 226 g/mol. The molecule has 0 radical (unpaired) electrons. The highest BCUT2D eigenvalue weighted by atomic mass is 16.5. The Morgan fingerprint density at radius 3 is 2.31 bits per heavy atom. The van der Waals surface area contributed by atoms with Crippen LogP contribution in [0.4, 0.5) is 0 Å². The Labute approximate surface area is 97.5 Å². The fourth-order valence-electron chi connectivity index (χ4n) is 2.41. The summed E-state index contributed by atoms with van der Waals surface area (Å²) in [4.78, 5) is 22.1. The molecule has 0 aromatic heterocycles. The van der Waals surface area contributed by atoms with Crippen LogP contribution in [0.1, 0.15) is 58.8 Å². The van der Waals surface area contributed by atoms with Crippen LogP contribution in [0, 0.1) is 5.92 Å². The Bertz CT molecular complexity index is 242. The van der Waals surface area contributed by atoms with Crippen molar-refractivity contribution in [3.63, 3.8) is 0 Å². The van der Waals surface area contributed by atoms with Gasteiger partial charge in [-0.3, -0.25) is 9.59 Å². The Hall–Kier alpha value is -0.860. The van der Waals surface area contributed by atoms with Gasteiger partial charge in [-0.05, 0) is 25.7 Å². The molecule has 0 aromatic carbocycles. The molecule has 0 aliphatic heterocycles. The molecule has 1 aliphatic carbocycles. The molecule has 1 aliphatic rings. The van der Waals surface area contributed by atoms with E-state index in [9.17, 15) is 9.59 Å². The predicted octanol–water partition coefficient (Wildman–Crippen LogP) is 2.87. The number of Topliss-reactive ketones (excluding diaryl/α,β-unsaturated/α-hetero) is 1. The third kappa shape index (κ3) is 4.77. The molecule has 1 unspecified atom stereocenters. The van der Waals surface area contributed by atoms with Gasteiger partial charge in [0.05, 0.1) is 0 Å². The Kier molecular flexibility index (Phi) is 5.50. The fourth-order valence-corrected chi connectivity index (χ4v) is 2.41. The zero-order valence-electron chi connectivity index (χ0n) is 10.3. The molecule has 0 aromatic rings. The number of ketones is 1. The summed E-state index contributed by atoms with van der Waals surface area (Å²) in [5.41, 5.74) is 0. The maximum Gasteiger partial charge on any atom is 0.303 e. The number of ether oxygens (including phenoxy) is 1. The van der Waals surface area contributed by atoms with Crippen LogP contribution in [-0.2, 0) is 14.3 Å². The van der Waals surface area contributed by atoms with E-state index < -0.39 is 6.10 Å². The summed E-state index contributed by atoms with van der Waals surface area (Å²) in [5.74, 6) is 0.334. The van der Waals surface area contributed by atoms with Crippen molar-refractivity contribution in [2.24, 2.45) is 5.92 Å². The van der Waals surface area contributed by atoms with Gasteiger partial charge in [0, 0.05) is 6.92 Å². The molecule has 1 atom stereocenters. The molecular formula is C13H22O3. The highest BCUT2D eigenvalue weighted by Gasteiger charge is 2.20. The minimum Gasteiger partial charge on any atom is -0.455 e. The first kappa shape index (κ1) is 13.2. The van der Waals surface area contributed by atoms with Crippen molar-refractivity contribution < 1.29 is 14.3 Å². The molecule has 92 valence electrons. The SMILES string of the molecule is CC(=O)OC(CCC1CCCCC1)C(C)=O. The molecule has 0 saturated heterocycles. The highest BCUT2D eigenvalue weighted by molar-refractivity contribution is 5.82. The number of hydrogen-bond donors (Lipinski definition) is 0. The van der Waals surface area contributed by atoms with Gasteiger partial charge < -0.3 is 4.74 Å². The molecular weight excluding hydrogens is 204 g/mol. The molecule has 1 saturated carbocycles. The van der Waals surface area contributed by atoms with Gasteiger partial charge in [0.15, 0.2) is 11.9 Å². The van der Waals surface area contributed by atoms with Gasteiger partial charge in [-0.1, -0.05) is 32.1 Å². The Morgan fingerprint density at radius 2 is 1.81 bits per heavy atom. The second-order valence-corrected chi connectivity index (χ2v) is 4.79. The zero-order valence-corrected chi connectivity index (χ0v) is 10.3. The van der Waals surface area contributed by atoms with Crippen LogP contribution in [-0.4, -0.2) is 17.9 Å². The Balaban J connectivity index is 2.30. The van der Waals surface area contributed by atoms with Gasteiger partial charge in [-0.2, -0.15) is 0 Å². The van der Waals surface area contributed by atoms with Crippen LogP contribution in [0.3, 0.4) is 0 Å². The number of carbonyl (C=O) groups is 2. The standard InChI is InChI=1S/C13H22O3/c1-10(14)13(16-11(2)15)9-8-12-6-4-3-5-7-12/h12-13H,3-9H2,1-2H3. The van der Waals surface area contributed by atoms with Crippen LogP contribution in [0.2, 0.25) is 0 Å². The van der Waals surface area contributed by atoms with Crippen molar-refractivity contribution in [3.8, 4) is 0 Å². The van der Waals surface area contributed by atoms with Crippen molar-refractivity contribution in [2.45, 2.75) is 64.9 Å². The Morgan fingerprint density at radius 1 is 1.19 bits per heavy atom. The molecule has 1 fully saturated rings. The lowest BCUT2D eigenvalue weighted by molar-refractivity contribution is -0.152. The number of rotatable bonds is 5. The predicted molar refractivity (Wildman–Crippen MR) is 62.0 cm³/mol. The quantitative estimate of drug-likeness (QED) is 0.677. The lowest BCUT2D eigenvalue weighted by atomic mass is 9.85. The fraction of sp³-hybridized carbons (Fsp3) is 0.846. The molecule has 0 bridgehead atoms. The molecule has 0 heterocycles. The van der Waals surface area contributed by atoms with Crippen molar-refractivity contribution >= 4 is 11.8 Å². The summed E-state index contributed by atoms with van der Waals surface area (Å²) >= 11 is 0. The third-order valence-electron chi connectivity index (χ3n) is 3.32. The van der Waals surface area contributed by atoms with Crippen molar-refractivity contribution in [1.82, 2.24) is 0 Å². The number of esters is 1. The van der Waals surface area contributed by atoms with E-state index in [1.54, 1.807) is 0 Å². The van der Waals surface area contributed by atoms with E-state index in [2.05, 4.69) is 0 Å². The largest absolute Gasteiger partial charge is 0.455 e. The van der Waals surface area contributed by atoms with Crippen LogP contribution >= 0.6 is 0 Å². The van der Waals surface area contributed by atoms with E-state index in [4.69, 9.17) is 4.74 Å². The smallest absolute Gasteiger partial charge is 0.303 e. The highest BCUT2D eigenvalue weighted by Crippen LogP contribution is 2.28. The number of carbonyl (C=O) groups excluding carboxylic acids is 2. The zero-order chi connectivity index (χ0) is 12.0. The minimum atomic E-state index is -0.514. The van der Waals surface area contributed by atoms with Crippen molar-refractivity contribution in [3.05, 3.63) is 0 Å². The van der Waals surface area contributed by atoms with E-state index in [-0.39, 0.29) is 11.8 Å². The van der Waals surface area contributed by atoms with E-state index in [1.807, 2.05) is 0 Å². The lowest BCUT2D eigenvalue weighted by Gasteiger charge is -2.23. The lowest BCUT2D eigenvalue weighted by Crippen LogP contribution is -2.25. The summed E-state index contributed by atoms with van der Waals surface area (Å²) in [5, 5.41) is 0. The van der Waals surface area contributed by atoms with Gasteiger partial charge in [-0.25, -0.2) is 0 Å². The summed E-state index contributed by atoms with van der Waals surface area (Å²) in [6, 6.07) is 0. The summed E-state index contributed by atoms with van der Waals surface area (Å²) in [7, 11) is 0. The molecule has 3 heteroatoms. The normalized spacial score (nSPS) is 19.1. The van der Waals surface area contributed by atoms with E-state index in [0.717, 1.165) is 12.3 Å². The van der Waals surface area contributed by atoms with Gasteiger partial charge >= 0.3 is 5.97 Å². The maximum atomic E-state index is 11.3. The van der Waals surface area contributed by atoms with Crippen LogP contribution in [0.5, 0.6) is 0 Å². The molecule has 3 nitrogen and oxygen atoms in total. The van der Waals surface area contributed by atoms with Crippen molar-refractivity contribution in [1.29, 1.82) is 0 Å². The summed E-state index contributed by atoms with van der Waals surface area (Å²) in [6.07, 6.45) is 7.69. The molecule has 16 heavy (non-hydrogen) atoms. The molecule has 0 spiro atoms. The van der Waals surface area contributed by atoms with E-state index in [0.29, 0.717) is 6.42 Å². The van der Waals surface area contributed by atoms with Crippen LogP contribution < -0.4 is 0 Å². The summed E-state index contributed by atoms with van der Waals surface area (Å²) < 4.78 is 5.01. The van der Waals surface area contributed by atoms with E-state index in [1.165, 1.54) is 46.0 Å². The molecule has 0 amide bonds. The van der Waals surface area contributed by atoms with Gasteiger partial charge in [0.1, 0.15) is 0 Å². The molecule has 0 N–H and O–H groups in total. The van der Waals surface area contributed by atoms with Crippen molar-refractivity contribution in [2.75, 3.05) is 0 Å². The topological polar surface area (TPSA) is 43.4 Å². The molecule has 1 rings (SSSR count).